The van der Waals surface area contributed by atoms with E-state index in [1.54, 1.807) is 20.8 Å². The van der Waals surface area contributed by atoms with E-state index >= 15 is 0 Å². The summed E-state index contributed by atoms with van der Waals surface area (Å²) >= 11 is 0. The second-order valence-electron chi connectivity index (χ2n) is 6.97. The Balaban J connectivity index is 2.90. The molecule has 7 nitrogen and oxygen atoms in total. The van der Waals surface area contributed by atoms with E-state index in [4.69, 9.17) is 9.84 Å². The maximum absolute atomic E-state index is 12.5. The Bertz CT molecular complexity index is 442. The van der Waals surface area contributed by atoms with Crippen molar-refractivity contribution in [3.8, 4) is 0 Å². The molecular weight excluding hydrogens is 288 g/mol. The summed E-state index contributed by atoms with van der Waals surface area (Å²) in [7, 11) is 0. The van der Waals surface area contributed by atoms with Crippen LogP contribution >= 0.6 is 0 Å². The molecule has 22 heavy (non-hydrogen) atoms. The fourth-order valence-electron chi connectivity index (χ4n) is 2.37. The maximum Gasteiger partial charge on any atom is 0.411 e. The Morgan fingerprint density at radius 3 is 2.36 bits per heavy atom. The van der Waals surface area contributed by atoms with E-state index in [1.165, 1.54) is 9.80 Å². The van der Waals surface area contributed by atoms with Crippen molar-refractivity contribution in [3.05, 3.63) is 0 Å². The molecule has 0 aromatic rings. The first kappa shape index (κ1) is 18.3. The SMILES string of the molecule is CC(C)C[C@@H]1C(=O)N(CC(=O)O)CCN1C(=O)OC(C)(C)C. The monoisotopic (exact) mass is 314 g/mol. The fraction of sp³-hybridized carbons (Fsp3) is 0.800. The molecule has 0 aromatic carbocycles. The van der Waals surface area contributed by atoms with E-state index in [1.807, 2.05) is 13.8 Å². The molecule has 1 rings (SSSR count). The molecule has 1 aliphatic rings. The number of nitrogens with zero attached hydrogens (tertiary/aromatic N) is 2. The van der Waals surface area contributed by atoms with Crippen LogP contribution in [0, 0.1) is 5.92 Å². The highest BCUT2D eigenvalue weighted by atomic mass is 16.6. The van der Waals surface area contributed by atoms with Crippen LogP contribution in [0.3, 0.4) is 0 Å². The lowest BCUT2D eigenvalue weighted by Crippen LogP contribution is -2.60. The first-order valence-electron chi connectivity index (χ1n) is 7.51. The molecule has 7 heteroatoms. The van der Waals surface area contributed by atoms with Gasteiger partial charge in [0.15, 0.2) is 0 Å². The molecule has 1 saturated heterocycles. The third-order valence-electron chi connectivity index (χ3n) is 3.23. The smallest absolute Gasteiger partial charge is 0.411 e. The topological polar surface area (TPSA) is 87.2 Å². The highest BCUT2D eigenvalue weighted by molar-refractivity contribution is 5.89. The number of amides is 2. The molecule has 0 spiro atoms. The number of carbonyl (C=O) groups is 3. The van der Waals surface area contributed by atoms with Gasteiger partial charge in [-0.25, -0.2) is 4.79 Å². The molecule has 126 valence electrons. The van der Waals surface area contributed by atoms with Crippen LogP contribution in [0.15, 0.2) is 0 Å². The fourth-order valence-corrected chi connectivity index (χ4v) is 2.37. The lowest BCUT2D eigenvalue weighted by Gasteiger charge is -2.41. The summed E-state index contributed by atoms with van der Waals surface area (Å²) < 4.78 is 5.35. The maximum atomic E-state index is 12.5. The number of hydrogen-bond acceptors (Lipinski definition) is 4. The van der Waals surface area contributed by atoms with Gasteiger partial charge >= 0.3 is 12.1 Å². The molecule has 1 heterocycles. The minimum absolute atomic E-state index is 0.198. The van der Waals surface area contributed by atoms with Gasteiger partial charge in [-0.05, 0) is 33.1 Å². The summed E-state index contributed by atoms with van der Waals surface area (Å²) in [5, 5.41) is 8.88. The van der Waals surface area contributed by atoms with Gasteiger partial charge in [0, 0.05) is 13.1 Å². The van der Waals surface area contributed by atoms with Crippen LogP contribution in [0.25, 0.3) is 0 Å². The van der Waals surface area contributed by atoms with Crippen molar-refractivity contribution in [2.75, 3.05) is 19.6 Å². The molecule has 2 amide bonds. The Morgan fingerprint density at radius 1 is 1.32 bits per heavy atom. The van der Waals surface area contributed by atoms with E-state index in [0.717, 1.165) is 0 Å². The van der Waals surface area contributed by atoms with Gasteiger partial charge < -0.3 is 14.7 Å². The van der Waals surface area contributed by atoms with E-state index in [9.17, 15) is 14.4 Å². The predicted molar refractivity (Wildman–Crippen MR) is 80.4 cm³/mol. The van der Waals surface area contributed by atoms with Crippen molar-refractivity contribution in [1.82, 2.24) is 9.80 Å². The molecular formula is C15H26N2O5. The summed E-state index contributed by atoms with van der Waals surface area (Å²) in [5.74, 6) is -1.18. The summed E-state index contributed by atoms with van der Waals surface area (Å²) in [6.45, 7) is 9.37. The van der Waals surface area contributed by atoms with Crippen LogP contribution in [0.5, 0.6) is 0 Å². The Kier molecular flexibility index (Phi) is 5.79. The van der Waals surface area contributed by atoms with Gasteiger partial charge in [0.05, 0.1) is 0 Å². The van der Waals surface area contributed by atoms with Crippen LogP contribution < -0.4 is 0 Å². The van der Waals surface area contributed by atoms with Gasteiger partial charge in [-0.2, -0.15) is 0 Å². The molecule has 1 atom stereocenters. The molecule has 1 fully saturated rings. The second kappa shape index (κ2) is 6.98. The number of carboxylic acids is 1. The number of ether oxygens (including phenoxy) is 1. The van der Waals surface area contributed by atoms with E-state index in [2.05, 4.69) is 0 Å². The zero-order valence-electron chi connectivity index (χ0n) is 14.0. The third kappa shape index (κ3) is 5.20. The number of hydrogen-bond donors (Lipinski definition) is 1. The lowest BCUT2D eigenvalue weighted by molar-refractivity contribution is -0.150. The van der Waals surface area contributed by atoms with Crippen molar-refractivity contribution in [2.45, 2.75) is 52.7 Å². The van der Waals surface area contributed by atoms with Crippen molar-refractivity contribution >= 4 is 18.0 Å². The average Bonchev–Trinajstić information content (AvgIpc) is 2.30. The summed E-state index contributed by atoms with van der Waals surface area (Å²) in [6.07, 6.45) is -0.0461. The van der Waals surface area contributed by atoms with Gasteiger partial charge in [-0.3, -0.25) is 14.5 Å². The van der Waals surface area contributed by atoms with Crippen LogP contribution in [-0.4, -0.2) is 64.2 Å². The highest BCUT2D eigenvalue weighted by Gasteiger charge is 2.39. The van der Waals surface area contributed by atoms with Crippen LogP contribution in [-0.2, 0) is 14.3 Å². The molecule has 0 saturated carbocycles. The van der Waals surface area contributed by atoms with Gasteiger partial charge in [0.2, 0.25) is 5.91 Å². The minimum atomic E-state index is -1.05. The van der Waals surface area contributed by atoms with Gasteiger partial charge in [-0.15, -0.1) is 0 Å². The molecule has 0 aromatic heterocycles. The summed E-state index contributed by atoms with van der Waals surface area (Å²) in [6, 6.07) is -0.664. The first-order valence-corrected chi connectivity index (χ1v) is 7.51. The van der Waals surface area contributed by atoms with Crippen LogP contribution in [0.4, 0.5) is 4.79 Å². The predicted octanol–water partition coefficient (Wildman–Crippen LogP) is 1.57. The average molecular weight is 314 g/mol. The number of carbonyl (C=O) groups excluding carboxylic acids is 2. The molecule has 0 unspecified atom stereocenters. The molecule has 0 aliphatic carbocycles. The molecule has 1 N–H and O–H groups in total. The van der Waals surface area contributed by atoms with Crippen molar-refractivity contribution < 1.29 is 24.2 Å². The zero-order chi connectivity index (χ0) is 17.1. The minimum Gasteiger partial charge on any atom is -0.480 e. The van der Waals surface area contributed by atoms with E-state index < -0.39 is 23.7 Å². The zero-order valence-corrected chi connectivity index (χ0v) is 14.0. The number of aliphatic carboxylic acids is 1. The molecule has 0 bridgehead atoms. The van der Waals surface area contributed by atoms with Gasteiger partial charge in [0.1, 0.15) is 18.2 Å². The Morgan fingerprint density at radius 2 is 1.91 bits per heavy atom. The summed E-state index contributed by atoms with van der Waals surface area (Å²) in [5.41, 5.74) is -0.638. The largest absolute Gasteiger partial charge is 0.480 e. The lowest BCUT2D eigenvalue weighted by atomic mass is 9.99. The van der Waals surface area contributed by atoms with Gasteiger partial charge in [0.25, 0.3) is 0 Å². The standard InChI is InChI=1S/C15H26N2O5/c1-10(2)8-11-13(20)16(9-12(18)19)6-7-17(11)14(21)22-15(3,4)5/h10-11H,6-9H2,1-5H3,(H,18,19)/t11-/m1/s1. The Hall–Kier alpha value is -1.79. The third-order valence-corrected chi connectivity index (χ3v) is 3.23. The first-order chi connectivity index (χ1) is 10.0. The second-order valence-corrected chi connectivity index (χ2v) is 6.97. The van der Waals surface area contributed by atoms with Crippen molar-refractivity contribution in [3.63, 3.8) is 0 Å². The number of carboxylic acid groups (broad SMARTS) is 1. The quantitative estimate of drug-likeness (QED) is 0.851. The Labute approximate surface area is 131 Å². The molecule has 1 aliphatic heterocycles. The van der Waals surface area contributed by atoms with Crippen LogP contribution in [0.1, 0.15) is 41.0 Å². The van der Waals surface area contributed by atoms with Crippen molar-refractivity contribution in [1.29, 1.82) is 0 Å². The summed E-state index contributed by atoms with van der Waals surface area (Å²) in [4.78, 5) is 38.3. The normalized spacial score (nSPS) is 19.5. The van der Waals surface area contributed by atoms with E-state index in [0.29, 0.717) is 6.42 Å². The van der Waals surface area contributed by atoms with Crippen molar-refractivity contribution in [2.24, 2.45) is 5.92 Å². The highest BCUT2D eigenvalue weighted by Crippen LogP contribution is 2.21. The van der Waals surface area contributed by atoms with Crippen LogP contribution in [0.2, 0.25) is 0 Å². The molecule has 0 radical (unpaired) electrons. The van der Waals surface area contributed by atoms with Gasteiger partial charge in [-0.1, -0.05) is 13.8 Å². The number of piperazine rings is 1. The number of rotatable bonds is 4. The van der Waals surface area contributed by atoms with E-state index in [-0.39, 0.29) is 31.5 Å².